The minimum atomic E-state index is -2.66. The molecule has 94 heavy (non-hydrogen) atoms. The average Bonchev–Trinajstić information content (AvgIpc) is 0.825. The van der Waals surface area contributed by atoms with E-state index >= 15 is 4.79 Å². The topological polar surface area (TPSA) is 558 Å². The summed E-state index contributed by atoms with van der Waals surface area (Å²) in [5, 5.41) is 80.8. The summed E-state index contributed by atoms with van der Waals surface area (Å²) in [6.45, 7) is 14.3. The van der Waals surface area contributed by atoms with Crippen LogP contribution in [0.1, 0.15) is 126 Å². The van der Waals surface area contributed by atoms with Gasteiger partial charge in [0, 0.05) is 6.54 Å². The molecule has 528 valence electrons. The number of rotatable bonds is 25. The van der Waals surface area contributed by atoms with E-state index in [0.29, 0.717) is 0 Å². The van der Waals surface area contributed by atoms with Crippen LogP contribution in [0.2, 0.25) is 0 Å². The fraction of sp³-hybridized carbons (Fsp3) is 0.667. The van der Waals surface area contributed by atoms with Gasteiger partial charge in [0.05, 0.1) is 37.9 Å². The largest absolute Gasteiger partial charge is 0.453 e. The number of nitrogens with two attached hydrogens (primary N) is 3. The zero-order chi connectivity index (χ0) is 71.4. The molecule has 0 bridgehead atoms. The van der Waals surface area contributed by atoms with Crippen LogP contribution < -0.4 is 81.0 Å². The van der Waals surface area contributed by atoms with Gasteiger partial charge in [-0.2, -0.15) is 0 Å². The van der Waals surface area contributed by atoms with Gasteiger partial charge in [0.1, 0.15) is 48.3 Å². The highest BCUT2D eigenvalue weighted by molar-refractivity contribution is 6.00. The van der Waals surface area contributed by atoms with Crippen LogP contribution in [0.25, 0.3) is 0 Å². The highest BCUT2D eigenvalue weighted by Crippen LogP contribution is 2.25. The lowest BCUT2D eigenvalue weighted by atomic mass is 9.95. The molecule has 15 atom stereocenters. The molecular formula is C60H100N16O18. The molecule has 1 aromatic carbocycles. The lowest BCUT2D eigenvalue weighted by molar-refractivity contribution is -0.159. The SMILES string of the molecule is CC[C@H](C)[C@@H]1NC(=O)[C@@H](CCCNC(=N)N)NC(=O)[C@H](CC(C)C)NC(=O)[C@H]([C@H](O)C(C)C)NC(=O)[C@@H](NC(=O)[C@H](CC(C)C)NC(=O)[C@H](N)CC(C)C)[C@@H](c2ccccc2)OC(=O)[C@H](CO)NC(=O)[C@H]([C@H](O)C(=O)NCC(N)=O)NC(=O)CNC(=O)[C@H]([C@H](C)O)NC1=O. The van der Waals surface area contributed by atoms with Gasteiger partial charge in [-0.1, -0.05) is 106 Å². The first-order valence-corrected chi connectivity index (χ1v) is 31.2. The third-order valence-electron chi connectivity index (χ3n) is 14.9. The number of amides is 12. The minimum absolute atomic E-state index is 0.00208. The predicted octanol–water partition coefficient (Wildman–Crippen LogP) is -6.11. The number of cyclic esters (lactones) is 1. The third-order valence-corrected chi connectivity index (χ3v) is 14.9. The summed E-state index contributed by atoms with van der Waals surface area (Å²) in [4.78, 5) is 183. The minimum Gasteiger partial charge on any atom is -0.453 e. The van der Waals surface area contributed by atoms with Crippen molar-refractivity contribution in [1.82, 2.24) is 63.8 Å². The van der Waals surface area contributed by atoms with E-state index in [1.807, 2.05) is 29.8 Å². The molecule has 0 spiro atoms. The van der Waals surface area contributed by atoms with E-state index in [4.69, 9.17) is 27.3 Å². The van der Waals surface area contributed by atoms with Crippen molar-refractivity contribution in [1.29, 1.82) is 5.41 Å². The smallest absolute Gasteiger partial charge is 0.331 e. The van der Waals surface area contributed by atoms with Gasteiger partial charge < -0.3 is 106 Å². The summed E-state index contributed by atoms with van der Waals surface area (Å²) in [6.07, 6.45) is -8.31. The molecule has 0 aromatic heterocycles. The Hall–Kier alpha value is -8.60. The first-order chi connectivity index (χ1) is 43.9. The number of aliphatic hydroxyl groups is 4. The van der Waals surface area contributed by atoms with E-state index in [9.17, 15) is 78.0 Å². The van der Waals surface area contributed by atoms with Crippen molar-refractivity contribution >= 4 is 82.8 Å². The molecule has 34 nitrogen and oxygen atoms in total. The van der Waals surface area contributed by atoms with Crippen LogP contribution >= 0.6 is 0 Å². The van der Waals surface area contributed by atoms with Crippen molar-refractivity contribution in [2.75, 3.05) is 26.2 Å². The Bertz CT molecular complexity index is 2770. The molecule has 1 heterocycles. The zero-order valence-corrected chi connectivity index (χ0v) is 55.2. The highest BCUT2D eigenvalue weighted by Gasteiger charge is 2.44. The Balaban J connectivity index is 3.17. The number of nitrogens with one attached hydrogen (secondary N) is 13. The molecule has 1 aliphatic heterocycles. The van der Waals surface area contributed by atoms with Crippen LogP contribution in [0.5, 0.6) is 0 Å². The van der Waals surface area contributed by atoms with Gasteiger partial charge in [-0.25, -0.2) is 4.79 Å². The van der Waals surface area contributed by atoms with Crippen molar-refractivity contribution in [3.8, 4) is 0 Å². The van der Waals surface area contributed by atoms with Crippen molar-refractivity contribution in [2.24, 2.45) is 46.8 Å². The summed E-state index contributed by atoms with van der Waals surface area (Å²) < 4.78 is 5.95. The third kappa shape index (κ3) is 27.2. The molecule has 1 aliphatic rings. The van der Waals surface area contributed by atoms with Crippen LogP contribution in [0, 0.1) is 35.0 Å². The second kappa shape index (κ2) is 39.8. The summed E-state index contributed by atoms with van der Waals surface area (Å²) >= 11 is 0. The first kappa shape index (κ1) is 81.5. The molecule has 0 radical (unpaired) electrons. The Labute approximate surface area is 546 Å². The van der Waals surface area contributed by atoms with Gasteiger partial charge in [0.25, 0.3) is 5.91 Å². The van der Waals surface area contributed by atoms with Crippen LogP contribution in [0.4, 0.5) is 0 Å². The first-order valence-electron chi connectivity index (χ1n) is 31.2. The van der Waals surface area contributed by atoms with Gasteiger partial charge in [0.2, 0.25) is 65.0 Å². The normalized spacial score (nSPS) is 24.1. The van der Waals surface area contributed by atoms with Crippen LogP contribution in [0.15, 0.2) is 30.3 Å². The monoisotopic (exact) mass is 1330 g/mol. The molecule has 1 aromatic rings. The summed E-state index contributed by atoms with van der Waals surface area (Å²) in [7, 11) is 0. The lowest BCUT2D eigenvalue weighted by Gasteiger charge is -2.34. The Kier molecular flexibility index (Phi) is 34.5. The molecule has 23 N–H and O–H groups in total. The van der Waals surface area contributed by atoms with Gasteiger partial charge in [-0.15, -0.1) is 0 Å². The molecule has 12 amide bonds. The second-order valence-electron chi connectivity index (χ2n) is 24.9. The maximum absolute atomic E-state index is 15.4. The maximum atomic E-state index is 15.4. The summed E-state index contributed by atoms with van der Waals surface area (Å²) in [6, 6.07) is -11.2. The maximum Gasteiger partial charge on any atom is 0.331 e. The standard InChI is InChI=1S/C60H100N16O18/c1-12-31(10)41-54(88)74-42(32(11)78)53(87)67-25-40(80)72-44(47(82)58(92)66-24-39(62)79)56(90)71-38(26-77)59(93)94-48(33-17-14-13-15-18-33)45(76-52(86)37(23-29(6)7)69-49(83)34(61)21-27(2)3)57(91)75-43(46(81)30(8)9)55(89)70-36(22-28(4)5)51(85)68-35(50(84)73-41)19-16-20-65-60(63)64/h13-15,17-18,27-32,34-38,41-48,77-78,81-82H,12,16,19-26,61H2,1-11H3,(H2,62,79)(H,66,92)(H,67,87)(H,68,85)(H,69,83)(H,70,89)(H,71,90)(H,72,80)(H,73,84)(H,74,88)(H,75,91)(H,76,86)(H4,63,64,65)/t31-,32-,34+,35+,36-,37-,38-,41-,42-,43-,44-,45-,46+,47-,48+/m0/s1. The zero-order valence-electron chi connectivity index (χ0n) is 55.2. The van der Waals surface area contributed by atoms with Gasteiger partial charge in [-0.3, -0.25) is 62.9 Å². The van der Waals surface area contributed by atoms with Gasteiger partial charge in [0.15, 0.2) is 24.2 Å². The Morgan fingerprint density at radius 3 is 1.73 bits per heavy atom. The van der Waals surface area contributed by atoms with Crippen LogP contribution in [-0.2, 0) is 67.1 Å². The predicted molar refractivity (Wildman–Crippen MR) is 338 cm³/mol. The lowest BCUT2D eigenvalue weighted by Crippen LogP contribution is -2.64. The number of carbonyl (C=O) groups is 13. The number of esters is 1. The number of primary amides is 1. The molecule has 2 rings (SSSR count). The number of ether oxygens (including phenoxy) is 1. The van der Waals surface area contributed by atoms with Crippen molar-refractivity contribution in [3.63, 3.8) is 0 Å². The molecule has 0 unspecified atom stereocenters. The van der Waals surface area contributed by atoms with E-state index in [-0.39, 0.29) is 62.5 Å². The van der Waals surface area contributed by atoms with E-state index in [1.54, 1.807) is 41.5 Å². The molecule has 34 heteroatoms. The quantitative estimate of drug-likeness (QED) is 0.0187. The number of benzene rings is 1. The van der Waals surface area contributed by atoms with Gasteiger partial charge in [-0.05, 0) is 74.2 Å². The number of guanidine groups is 1. The Morgan fingerprint density at radius 2 is 1.19 bits per heavy atom. The summed E-state index contributed by atoms with van der Waals surface area (Å²) in [5.74, 6) is -18.8. The van der Waals surface area contributed by atoms with Crippen molar-refractivity contribution in [2.45, 2.75) is 200 Å². The van der Waals surface area contributed by atoms with Gasteiger partial charge >= 0.3 is 5.97 Å². The fourth-order valence-electron chi connectivity index (χ4n) is 9.54. The van der Waals surface area contributed by atoms with Crippen LogP contribution in [0.3, 0.4) is 0 Å². The van der Waals surface area contributed by atoms with E-state index in [0.717, 1.165) is 6.92 Å². The fourth-order valence-corrected chi connectivity index (χ4v) is 9.54. The Morgan fingerprint density at radius 1 is 0.638 bits per heavy atom. The molecule has 1 fully saturated rings. The van der Waals surface area contributed by atoms with E-state index in [2.05, 4.69) is 47.9 Å². The molecule has 0 saturated carbocycles. The van der Waals surface area contributed by atoms with Crippen molar-refractivity contribution in [3.05, 3.63) is 35.9 Å². The second-order valence-corrected chi connectivity index (χ2v) is 24.9. The highest BCUT2D eigenvalue weighted by atomic mass is 16.5. The number of hydrogen-bond acceptors (Lipinski definition) is 20. The van der Waals surface area contributed by atoms with E-state index < -0.39 is 205 Å². The molecular weight excluding hydrogens is 1230 g/mol. The van der Waals surface area contributed by atoms with Crippen molar-refractivity contribution < 1.29 is 87.5 Å². The van der Waals surface area contributed by atoms with Crippen LogP contribution in [-0.4, -0.2) is 208 Å². The number of carbonyl (C=O) groups excluding carboxylic acids is 13. The molecule has 1 saturated heterocycles. The summed E-state index contributed by atoms with van der Waals surface area (Å²) in [5.41, 5.74) is 16.8. The number of hydrogen-bond donors (Lipinski definition) is 20. The number of aliphatic hydroxyl groups excluding tert-OH is 4. The van der Waals surface area contributed by atoms with E-state index in [1.165, 1.54) is 44.2 Å². The average molecular weight is 1330 g/mol. The molecule has 0 aliphatic carbocycles.